The molecule has 4 nitrogen and oxygen atoms in total. The normalized spacial score (nSPS) is 18.2. The molecule has 2 heterocycles. The molecule has 1 aromatic carbocycles. The van der Waals surface area contributed by atoms with Crippen molar-refractivity contribution in [2.75, 3.05) is 12.4 Å². The van der Waals surface area contributed by atoms with Crippen LogP contribution in [0.3, 0.4) is 0 Å². The Morgan fingerprint density at radius 2 is 2.04 bits per heavy atom. The van der Waals surface area contributed by atoms with Crippen molar-refractivity contribution in [3.8, 4) is 0 Å². The highest BCUT2D eigenvalue weighted by Crippen LogP contribution is 2.26. The molecule has 27 heavy (non-hydrogen) atoms. The van der Waals surface area contributed by atoms with E-state index in [1.54, 1.807) is 0 Å². The van der Waals surface area contributed by atoms with Crippen molar-refractivity contribution in [1.82, 2.24) is 5.32 Å². The van der Waals surface area contributed by atoms with Crippen LogP contribution < -0.4 is 10.6 Å². The maximum Gasteiger partial charge on any atom is 0.147 e. The second kappa shape index (κ2) is 8.58. The van der Waals surface area contributed by atoms with E-state index in [4.69, 9.17) is 9.73 Å². The Hall–Kier alpha value is -3.01. The van der Waals surface area contributed by atoms with E-state index in [1.165, 1.54) is 5.57 Å². The first-order chi connectivity index (χ1) is 13.1. The molecular weight excluding hydrogens is 334 g/mol. The Labute approximate surface area is 161 Å². The van der Waals surface area contributed by atoms with E-state index in [9.17, 15) is 0 Å². The molecule has 0 atom stereocenters. The monoisotopic (exact) mass is 361 g/mol. The highest BCUT2D eigenvalue weighted by atomic mass is 16.5. The molecule has 0 fully saturated rings. The summed E-state index contributed by atoms with van der Waals surface area (Å²) in [5.41, 5.74) is 6.31. The fourth-order valence-corrected chi connectivity index (χ4v) is 2.94. The third kappa shape index (κ3) is 4.79. The van der Waals surface area contributed by atoms with Crippen molar-refractivity contribution < 1.29 is 4.74 Å². The van der Waals surface area contributed by atoms with Gasteiger partial charge in [-0.25, -0.2) is 4.99 Å². The molecule has 0 aliphatic carbocycles. The summed E-state index contributed by atoms with van der Waals surface area (Å²) in [6, 6.07) is 8.19. The predicted octanol–water partition coefficient (Wildman–Crippen LogP) is 5.17. The van der Waals surface area contributed by atoms with Crippen LogP contribution >= 0.6 is 0 Å². The van der Waals surface area contributed by atoms with Crippen LogP contribution in [0, 0.1) is 0 Å². The molecule has 0 saturated heterocycles. The number of anilines is 1. The molecule has 0 spiro atoms. The number of nitrogens with one attached hydrogen (secondary N) is 2. The maximum atomic E-state index is 5.99. The molecule has 0 aromatic heterocycles. The molecule has 0 unspecified atom stereocenters. The van der Waals surface area contributed by atoms with Gasteiger partial charge in [-0.1, -0.05) is 30.4 Å². The van der Waals surface area contributed by atoms with Crippen molar-refractivity contribution in [3.05, 3.63) is 83.1 Å². The van der Waals surface area contributed by atoms with E-state index >= 15 is 0 Å². The molecule has 2 aliphatic heterocycles. The lowest BCUT2D eigenvalue weighted by molar-refractivity contribution is 0.155. The molecule has 0 bridgehead atoms. The molecule has 0 radical (unpaired) electrons. The zero-order chi connectivity index (χ0) is 19.2. The highest BCUT2D eigenvalue weighted by molar-refractivity contribution is 6.09. The number of hydrogen-bond donors (Lipinski definition) is 2. The Morgan fingerprint density at radius 1 is 1.22 bits per heavy atom. The minimum Gasteiger partial charge on any atom is -0.489 e. The molecule has 4 heteroatoms. The Kier molecular flexibility index (Phi) is 5.97. The van der Waals surface area contributed by atoms with Gasteiger partial charge in [0.2, 0.25) is 0 Å². The van der Waals surface area contributed by atoms with Crippen LogP contribution in [0.4, 0.5) is 5.69 Å². The maximum absolute atomic E-state index is 5.99. The van der Waals surface area contributed by atoms with E-state index in [0.717, 1.165) is 40.5 Å². The molecule has 0 saturated carbocycles. The number of allylic oxidation sites excluding steroid dienone is 5. The lowest BCUT2D eigenvalue weighted by Gasteiger charge is -2.14. The first kappa shape index (κ1) is 18.8. The van der Waals surface area contributed by atoms with Gasteiger partial charge in [-0.3, -0.25) is 0 Å². The standard InChI is InChI=1S/C23H27N3O/c1-16(2)27-23-14-19(12-11-18-9-5-6-10-20(18)24-4)26-22(23)15-21-17(3)8-7-13-25-21/h5-7,9-16,24-25H,8H2,1-4H3/b12-11+,22-15-. The van der Waals surface area contributed by atoms with Gasteiger partial charge in [-0.15, -0.1) is 0 Å². The Bertz CT molecular complexity index is 883. The summed E-state index contributed by atoms with van der Waals surface area (Å²) in [4.78, 5) is 4.78. The third-order valence-corrected chi connectivity index (χ3v) is 4.33. The van der Waals surface area contributed by atoms with Gasteiger partial charge in [0.15, 0.2) is 0 Å². The summed E-state index contributed by atoms with van der Waals surface area (Å²) in [6.45, 7) is 6.19. The number of ether oxygens (including phenoxy) is 1. The summed E-state index contributed by atoms with van der Waals surface area (Å²) >= 11 is 0. The molecular formula is C23H27N3O. The molecule has 2 aliphatic rings. The van der Waals surface area contributed by atoms with Crippen LogP contribution in [0.2, 0.25) is 0 Å². The summed E-state index contributed by atoms with van der Waals surface area (Å²) in [6.07, 6.45) is 13.3. The lowest BCUT2D eigenvalue weighted by Crippen LogP contribution is -2.10. The van der Waals surface area contributed by atoms with Crippen molar-refractivity contribution in [2.24, 2.45) is 4.99 Å². The van der Waals surface area contributed by atoms with Gasteiger partial charge < -0.3 is 15.4 Å². The van der Waals surface area contributed by atoms with E-state index in [2.05, 4.69) is 47.9 Å². The number of aliphatic imine (C=N–C) groups is 1. The number of dihydropyridines is 1. The van der Waals surface area contributed by atoms with Crippen LogP contribution in [0.25, 0.3) is 6.08 Å². The summed E-state index contributed by atoms with van der Waals surface area (Å²) < 4.78 is 5.99. The van der Waals surface area contributed by atoms with Crippen molar-refractivity contribution in [1.29, 1.82) is 0 Å². The average Bonchev–Trinajstić information content (AvgIpc) is 3.03. The van der Waals surface area contributed by atoms with Crippen LogP contribution in [0.15, 0.2) is 82.5 Å². The van der Waals surface area contributed by atoms with Gasteiger partial charge in [-0.05, 0) is 62.7 Å². The first-order valence-corrected chi connectivity index (χ1v) is 9.32. The molecule has 3 rings (SSSR count). The van der Waals surface area contributed by atoms with Gasteiger partial charge in [-0.2, -0.15) is 0 Å². The number of rotatable bonds is 6. The van der Waals surface area contributed by atoms with E-state index < -0.39 is 0 Å². The largest absolute Gasteiger partial charge is 0.489 e. The van der Waals surface area contributed by atoms with Gasteiger partial charge >= 0.3 is 0 Å². The zero-order valence-corrected chi connectivity index (χ0v) is 16.4. The fourth-order valence-electron chi connectivity index (χ4n) is 2.94. The topological polar surface area (TPSA) is 45.7 Å². The third-order valence-electron chi connectivity index (χ3n) is 4.33. The molecule has 0 amide bonds. The average molecular weight is 361 g/mol. The van der Waals surface area contributed by atoms with Crippen molar-refractivity contribution in [2.45, 2.75) is 33.3 Å². The number of benzene rings is 1. The van der Waals surface area contributed by atoms with Crippen molar-refractivity contribution in [3.63, 3.8) is 0 Å². The summed E-state index contributed by atoms with van der Waals surface area (Å²) in [5.74, 6) is 0.809. The minimum atomic E-state index is 0.0949. The SMILES string of the molecule is CNc1ccccc1/C=C/C1=NC(=C\C2=C(C)CC=CN2)/C(OC(C)C)=C1. The van der Waals surface area contributed by atoms with Gasteiger partial charge in [0.1, 0.15) is 11.5 Å². The molecule has 1 aromatic rings. The smallest absolute Gasteiger partial charge is 0.147 e. The molecule has 140 valence electrons. The van der Waals surface area contributed by atoms with E-state index in [-0.39, 0.29) is 6.10 Å². The predicted molar refractivity (Wildman–Crippen MR) is 114 cm³/mol. The quantitative estimate of drug-likeness (QED) is 0.735. The fraction of sp³-hybridized carbons (Fsp3) is 0.261. The molecule has 2 N–H and O–H groups in total. The first-order valence-electron chi connectivity index (χ1n) is 9.32. The van der Waals surface area contributed by atoms with Crippen LogP contribution in [0.1, 0.15) is 32.8 Å². The van der Waals surface area contributed by atoms with Crippen LogP contribution in [0.5, 0.6) is 0 Å². The number of para-hydroxylation sites is 1. The van der Waals surface area contributed by atoms with Crippen LogP contribution in [-0.2, 0) is 4.74 Å². The van der Waals surface area contributed by atoms with Gasteiger partial charge in [0, 0.05) is 24.5 Å². The minimum absolute atomic E-state index is 0.0949. The lowest BCUT2D eigenvalue weighted by atomic mass is 10.1. The Morgan fingerprint density at radius 3 is 2.78 bits per heavy atom. The van der Waals surface area contributed by atoms with Gasteiger partial charge in [0.25, 0.3) is 0 Å². The highest BCUT2D eigenvalue weighted by Gasteiger charge is 2.17. The van der Waals surface area contributed by atoms with Crippen molar-refractivity contribution >= 4 is 17.5 Å². The second-order valence-corrected chi connectivity index (χ2v) is 6.86. The number of nitrogens with zero attached hydrogens (tertiary/aromatic N) is 1. The summed E-state index contributed by atoms with van der Waals surface area (Å²) in [7, 11) is 1.93. The second-order valence-electron chi connectivity index (χ2n) is 6.86. The summed E-state index contributed by atoms with van der Waals surface area (Å²) in [5, 5.41) is 6.51. The van der Waals surface area contributed by atoms with E-state index in [0.29, 0.717) is 0 Å². The van der Waals surface area contributed by atoms with Crippen LogP contribution in [-0.4, -0.2) is 18.9 Å². The van der Waals surface area contributed by atoms with Gasteiger partial charge in [0.05, 0.1) is 11.8 Å². The van der Waals surface area contributed by atoms with E-state index in [1.807, 2.05) is 51.4 Å². The number of hydrogen-bond acceptors (Lipinski definition) is 4. The Balaban J connectivity index is 1.89. The zero-order valence-electron chi connectivity index (χ0n) is 16.4.